The van der Waals surface area contributed by atoms with Gasteiger partial charge in [0.2, 0.25) is 0 Å². The summed E-state index contributed by atoms with van der Waals surface area (Å²) in [7, 11) is 0. The minimum atomic E-state index is -0.126. The minimum Gasteiger partial charge on any atom is -0.381 e. The van der Waals surface area contributed by atoms with Crippen LogP contribution in [0, 0.1) is 10.6 Å². The number of carbonyl (C=O) groups excluding carboxylic acids is 1. The van der Waals surface area contributed by atoms with E-state index in [4.69, 9.17) is 17.0 Å². The van der Waals surface area contributed by atoms with Crippen molar-refractivity contribution in [1.82, 2.24) is 10.3 Å². The molecular weight excluding hydrogens is 248 g/mol. The summed E-state index contributed by atoms with van der Waals surface area (Å²) in [5.41, 5.74) is 0.520. The van der Waals surface area contributed by atoms with Gasteiger partial charge >= 0.3 is 0 Å². The first-order valence-electron chi connectivity index (χ1n) is 6.31. The van der Waals surface area contributed by atoms with E-state index in [-0.39, 0.29) is 5.91 Å². The summed E-state index contributed by atoms with van der Waals surface area (Å²) in [5, 5.41) is 2.84. The fourth-order valence-corrected chi connectivity index (χ4v) is 1.84. The number of hydrogen-bond donors (Lipinski definition) is 2. The SMILES string of the molecule is O=C(NCCCOCC1CC1)c1ccc[nH]c1=S. The van der Waals surface area contributed by atoms with Crippen LogP contribution in [0.2, 0.25) is 0 Å². The highest BCUT2D eigenvalue weighted by molar-refractivity contribution is 7.71. The molecule has 0 bridgehead atoms. The zero-order valence-corrected chi connectivity index (χ0v) is 11.1. The molecule has 0 saturated heterocycles. The Bertz CT molecular complexity index is 454. The largest absolute Gasteiger partial charge is 0.381 e. The highest BCUT2D eigenvalue weighted by atomic mass is 32.1. The van der Waals surface area contributed by atoms with Crippen LogP contribution in [-0.4, -0.2) is 30.6 Å². The molecule has 1 heterocycles. The summed E-state index contributed by atoms with van der Waals surface area (Å²) >= 11 is 5.04. The van der Waals surface area contributed by atoms with Gasteiger partial charge in [-0.1, -0.05) is 12.2 Å². The first-order valence-corrected chi connectivity index (χ1v) is 6.72. The van der Waals surface area contributed by atoms with Crippen molar-refractivity contribution in [2.75, 3.05) is 19.8 Å². The molecule has 2 N–H and O–H groups in total. The summed E-state index contributed by atoms with van der Waals surface area (Å²) in [5.74, 6) is 0.668. The monoisotopic (exact) mass is 266 g/mol. The smallest absolute Gasteiger partial charge is 0.254 e. The maximum absolute atomic E-state index is 11.8. The van der Waals surface area contributed by atoms with Gasteiger partial charge in [0.25, 0.3) is 5.91 Å². The lowest BCUT2D eigenvalue weighted by Crippen LogP contribution is -2.25. The second kappa shape index (κ2) is 6.66. The van der Waals surface area contributed by atoms with Gasteiger partial charge in [-0.2, -0.15) is 0 Å². The molecule has 1 amide bonds. The zero-order valence-electron chi connectivity index (χ0n) is 10.3. The lowest BCUT2D eigenvalue weighted by molar-refractivity contribution is 0.0936. The van der Waals surface area contributed by atoms with Crippen molar-refractivity contribution < 1.29 is 9.53 Å². The Morgan fingerprint density at radius 1 is 1.56 bits per heavy atom. The van der Waals surface area contributed by atoms with Gasteiger partial charge in [-0.3, -0.25) is 4.79 Å². The summed E-state index contributed by atoms with van der Waals surface area (Å²) in [4.78, 5) is 14.6. The van der Waals surface area contributed by atoms with Crippen LogP contribution in [0.1, 0.15) is 29.6 Å². The van der Waals surface area contributed by atoms with Gasteiger partial charge in [0.1, 0.15) is 4.64 Å². The van der Waals surface area contributed by atoms with Gasteiger partial charge in [0.05, 0.1) is 5.56 Å². The molecule has 0 aromatic carbocycles. The van der Waals surface area contributed by atoms with Crippen molar-refractivity contribution in [1.29, 1.82) is 0 Å². The van der Waals surface area contributed by atoms with Crippen LogP contribution in [-0.2, 0) is 4.74 Å². The summed E-state index contributed by atoms with van der Waals surface area (Å²) < 4.78 is 5.96. The van der Waals surface area contributed by atoms with E-state index in [1.54, 1.807) is 18.3 Å². The third kappa shape index (κ3) is 4.23. The van der Waals surface area contributed by atoms with E-state index in [1.165, 1.54) is 12.8 Å². The fourth-order valence-electron chi connectivity index (χ4n) is 1.61. The number of amides is 1. The van der Waals surface area contributed by atoms with Crippen LogP contribution in [0.4, 0.5) is 0 Å². The Morgan fingerprint density at radius 3 is 3.11 bits per heavy atom. The molecular formula is C13H18N2O2S. The number of ether oxygens (including phenoxy) is 1. The molecule has 0 spiro atoms. The average molecular weight is 266 g/mol. The molecule has 1 aromatic rings. The molecule has 1 aliphatic carbocycles. The number of hydrogen-bond acceptors (Lipinski definition) is 3. The van der Waals surface area contributed by atoms with Crippen molar-refractivity contribution in [2.24, 2.45) is 5.92 Å². The molecule has 18 heavy (non-hydrogen) atoms. The average Bonchev–Trinajstić information content (AvgIpc) is 3.18. The van der Waals surface area contributed by atoms with Crippen LogP contribution >= 0.6 is 12.2 Å². The van der Waals surface area contributed by atoms with E-state index < -0.39 is 0 Å². The molecule has 2 rings (SSSR count). The quantitative estimate of drug-likeness (QED) is 0.588. The molecule has 0 unspecified atom stereocenters. The molecule has 98 valence electrons. The molecule has 0 radical (unpaired) electrons. The van der Waals surface area contributed by atoms with E-state index in [9.17, 15) is 4.79 Å². The Kier molecular flexibility index (Phi) is 4.90. The summed E-state index contributed by atoms with van der Waals surface area (Å²) in [6.45, 7) is 2.20. The van der Waals surface area contributed by atoms with E-state index in [2.05, 4.69) is 10.3 Å². The van der Waals surface area contributed by atoms with Crippen LogP contribution < -0.4 is 5.32 Å². The van der Waals surface area contributed by atoms with Crippen molar-refractivity contribution in [2.45, 2.75) is 19.3 Å². The van der Waals surface area contributed by atoms with Gasteiger partial charge in [-0.05, 0) is 37.3 Å². The zero-order chi connectivity index (χ0) is 12.8. The molecule has 5 heteroatoms. The molecule has 1 aromatic heterocycles. The molecule has 0 atom stereocenters. The van der Waals surface area contributed by atoms with Gasteiger partial charge in [-0.25, -0.2) is 0 Å². The van der Waals surface area contributed by atoms with Crippen molar-refractivity contribution >= 4 is 18.1 Å². The van der Waals surface area contributed by atoms with Crippen molar-refractivity contribution in [3.63, 3.8) is 0 Å². The Balaban J connectivity index is 1.62. The standard InChI is InChI=1S/C13H18N2O2S/c16-12(11-3-1-6-15-13(11)18)14-7-2-8-17-9-10-4-5-10/h1,3,6,10H,2,4-5,7-9H2,(H,14,16)(H,15,18). The van der Waals surface area contributed by atoms with Gasteiger partial charge in [0, 0.05) is 26.0 Å². The van der Waals surface area contributed by atoms with Crippen LogP contribution in [0.15, 0.2) is 18.3 Å². The first kappa shape index (κ1) is 13.2. The molecule has 1 saturated carbocycles. The Morgan fingerprint density at radius 2 is 2.39 bits per heavy atom. The molecule has 1 fully saturated rings. The van der Waals surface area contributed by atoms with Crippen LogP contribution in [0.3, 0.4) is 0 Å². The maximum atomic E-state index is 11.8. The first-order chi connectivity index (χ1) is 8.77. The van der Waals surface area contributed by atoms with E-state index in [0.717, 1.165) is 18.9 Å². The lowest BCUT2D eigenvalue weighted by atomic mass is 10.2. The predicted molar refractivity (Wildman–Crippen MR) is 72.1 cm³/mol. The second-order valence-electron chi connectivity index (χ2n) is 4.54. The highest BCUT2D eigenvalue weighted by Crippen LogP contribution is 2.28. The topological polar surface area (TPSA) is 54.1 Å². The minimum absolute atomic E-state index is 0.126. The van der Waals surface area contributed by atoms with Crippen LogP contribution in [0.5, 0.6) is 0 Å². The van der Waals surface area contributed by atoms with Gasteiger partial charge in [0.15, 0.2) is 0 Å². The van der Waals surface area contributed by atoms with Crippen molar-refractivity contribution in [3.05, 3.63) is 28.5 Å². The third-order valence-corrected chi connectivity index (χ3v) is 3.20. The highest BCUT2D eigenvalue weighted by Gasteiger charge is 2.20. The normalized spacial score (nSPS) is 14.4. The van der Waals surface area contributed by atoms with Gasteiger partial charge in [-0.15, -0.1) is 0 Å². The lowest BCUT2D eigenvalue weighted by Gasteiger charge is -2.06. The van der Waals surface area contributed by atoms with E-state index in [1.807, 2.05) is 0 Å². The maximum Gasteiger partial charge on any atom is 0.254 e. The van der Waals surface area contributed by atoms with Gasteiger partial charge < -0.3 is 15.0 Å². The van der Waals surface area contributed by atoms with Crippen molar-refractivity contribution in [3.8, 4) is 0 Å². The number of carbonyl (C=O) groups is 1. The van der Waals surface area contributed by atoms with Crippen LogP contribution in [0.25, 0.3) is 0 Å². The summed E-state index contributed by atoms with van der Waals surface area (Å²) in [6.07, 6.45) is 5.16. The number of H-pyrrole nitrogens is 1. The Hall–Kier alpha value is -1.20. The second-order valence-corrected chi connectivity index (χ2v) is 4.95. The number of rotatable bonds is 7. The number of nitrogens with one attached hydrogen (secondary N) is 2. The molecule has 0 aliphatic heterocycles. The fraction of sp³-hybridized carbons (Fsp3) is 0.538. The number of aromatic amines is 1. The predicted octanol–water partition coefficient (Wildman–Crippen LogP) is 2.29. The van der Waals surface area contributed by atoms with E-state index >= 15 is 0 Å². The third-order valence-electron chi connectivity index (χ3n) is 2.86. The number of aromatic nitrogens is 1. The number of pyridine rings is 1. The Labute approximate surface area is 112 Å². The van der Waals surface area contributed by atoms with E-state index in [0.29, 0.717) is 23.4 Å². The summed E-state index contributed by atoms with van der Waals surface area (Å²) in [6, 6.07) is 3.49. The molecule has 1 aliphatic rings. The molecule has 4 nitrogen and oxygen atoms in total.